The molecule has 4 nitrogen and oxygen atoms in total. The Balaban J connectivity index is 1.33. The maximum atomic E-state index is 13.1. The first-order valence-electron chi connectivity index (χ1n) is 10.3. The SMILES string of the molecule is NC1C2CCC(C2)C1C(=O)N1CCCN(Cc2ccc(C(F)(F)F)cc2)CC1. The summed E-state index contributed by atoms with van der Waals surface area (Å²) in [6, 6.07) is 5.38. The molecule has 0 spiro atoms. The summed E-state index contributed by atoms with van der Waals surface area (Å²) in [5, 5.41) is 0. The minimum Gasteiger partial charge on any atom is -0.341 e. The lowest BCUT2D eigenvalue weighted by Crippen LogP contribution is -2.48. The van der Waals surface area contributed by atoms with E-state index in [0.717, 1.165) is 63.0 Å². The number of benzene rings is 1. The number of nitrogens with two attached hydrogens (primary N) is 1. The van der Waals surface area contributed by atoms with Gasteiger partial charge >= 0.3 is 6.18 Å². The van der Waals surface area contributed by atoms with E-state index in [9.17, 15) is 18.0 Å². The highest BCUT2D eigenvalue weighted by molar-refractivity contribution is 5.80. The second-order valence-corrected chi connectivity index (χ2v) is 8.59. The number of halogens is 3. The fraction of sp³-hybridized carbons (Fsp3) is 0.667. The van der Waals surface area contributed by atoms with E-state index in [1.807, 2.05) is 4.90 Å². The molecule has 4 unspecified atom stereocenters. The molecule has 1 aliphatic heterocycles. The van der Waals surface area contributed by atoms with Crippen molar-refractivity contribution in [1.82, 2.24) is 9.80 Å². The largest absolute Gasteiger partial charge is 0.416 e. The van der Waals surface area contributed by atoms with Crippen LogP contribution < -0.4 is 5.73 Å². The van der Waals surface area contributed by atoms with E-state index in [4.69, 9.17) is 5.73 Å². The molecular weight excluding hydrogens is 367 g/mol. The van der Waals surface area contributed by atoms with Crippen LogP contribution in [-0.2, 0) is 17.5 Å². The van der Waals surface area contributed by atoms with E-state index >= 15 is 0 Å². The number of amides is 1. The molecule has 4 rings (SSSR count). The lowest BCUT2D eigenvalue weighted by atomic mass is 9.84. The average Bonchev–Trinajstić information content (AvgIpc) is 3.16. The normalized spacial score (nSPS) is 31.2. The monoisotopic (exact) mass is 395 g/mol. The van der Waals surface area contributed by atoms with Gasteiger partial charge in [0.25, 0.3) is 0 Å². The summed E-state index contributed by atoms with van der Waals surface area (Å²) in [5.41, 5.74) is 6.59. The summed E-state index contributed by atoms with van der Waals surface area (Å²) in [6.45, 7) is 3.59. The van der Waals surface area contributed by atoms with Gasteiger partial charge in [-0.15, -0.1) is 0 Å². The highest BCUT2D eigenvalue weighted by Crippen LogP contribution is 2.48. The highest BCUT2D eigenvalue weighted by atomic mass is 19.4. The van der Waals surface area contributed by atoms with Crippen molar-refractivity contribution in [2.75, 3.05) is 26.2 Å². The van der Waals surface area contributed by atoms with Crippen molar-refractivity contribution in [3.05, 3.63) is 35.4 Å². The minimum absolute atomic E-state index is 0.0118. The van der Waals surface area contributed by atoms with Gasteiger partial charge < -0.3 is 10.6 Å². The van der Waals surface area contributed by atoms with Crippen LogP contribution in [-0.4, -0.2) is 47.9 Å². The molecule has 2 aliphatic carbocycles. The van der Waals surface area contributed by atoms with Crippen LogP contribution in [0.2, 0.25) is 0 Å². The van der Waals surface area contributed by atoms with Gasteiger partial charge in [-0.05, 0) is 55.2 Å². The van der Waals surface area contributed by atoms with Crippen LogP contribution in [0.15, 0.2) is 24.3 Å². The van der Waals surface area contributed by atoms with E-state index in [1.165, 1.54) is 0 Å². The summed E-state index contributed by atoms with van der Waals surface area (Å²) >= 11 is 0. The number of hydrogen-bond donors (Lipinski definition) is 1. The molecule has 2 bridgehead atoms. The fourth-order valence-corrected chi connectivity index (χ4v) is 5.32. The van der Waals surface area contributed by atoms with Crippen LogP contribution >= 0.6 is 0 Å². The Morgan fingerprint density at radius 2 is 1.75 bits per heavy atom. The van der Waals surface area contributed by atoms with Crippen LogP contribution in [0.4, 0.5) is 13.2 Å². The minimum atomic E-state index is -4.30. The number of carbonyl (C=O) groups excluding carboxylic acids is 1. The number of hydrogen-bond acceptors (Lipinski definition) is 3. The second-order valence-electron chi connectivity index (χ2n) is 8.59. The Morgan fingerprint density at radius 1 is 1.04 bits per heavy atom. The Hall–Kier alpha value is -1.60. The van der Waals surface area contributed by atoms with Crippen molar-refractivity contribution < 1.29 is 18.0 Å². The Morgan fingerprint density at radius 3 is 2.39 bits per heavy atom. The van der Waals surface area contributed by atoms with Crippen molar-refractivity contribution >= 4 is 5.91 Å². The lowest BCUT2D eigenvalue weighted by Gasteiger charge is -2.32. The maximum absolute atomic E-state index is 13.1. The standard InChI is InChI=1S/C21H28F3N3O/c22-21(23,24)17-6-2-14(3-7-17)13-26-8-1-9-27(11-10-26)20(28)18-15-4-5-16(12-15)19(18)25/h2-3,6-7,15-16,18-19H,1,4-5,8-13,25H2. The fourth-order valence-electron chi connectivity index (χ4n) is 5.32. The van der Waals surface area contributed by atoms with E-state index in [1.54, 1.807) is 12.1 Å². The summed E-state index contributed by atoms with van der Waals surface area (Å²) in [7, 11) is 0. The molecule has 0 radical (unpaired) electrons. The van der Waals surface area contributed by atoms with Gasteiger partial charge in [0, 0.05) is 38.8 Å². The molecule has 0 aromatic heterocycles. The highest BCUT2D eigenvalue weighted by Gasteiger charge is 2.50. The molecular formula is C21H28F3N3O. The molecule has 154 valence electrons. The number of carbonyl (C=O) groups is 1. The van der Waals surface area contributed by atoms with Crippen molar-refractivity contribution in [2.24, 2.45) is 23.5 Å². The van der Waals surface area contributed by atoms with Crippen molar-refractivity contribution in [2.45, 2.75) is 44.4 Å². The molecule has 3 fully saturated rings. The number of nitrogens with zero attached hydrogens (tertiary/aromatic N) is 2. The molecule has 1 aromatic carbocycles. The Labute approximate surface area is 163 Å². The molecule has 1 amide bonds. The van der Waals surface area contributed by atoms with E-state index < -0.39 is 11.7 Å². The summed E-state index contributed by atoms with van der Waals surface area (Å²) in [4.78, 5) is 17.3. The van der Waals surface area contributed by atoms with Crippen LogP contribution in [0.5, 0.6) is 0 Å². The van der Waals surface area contributed by atoms with Gasteiger partial charge in [-0.2, -0.15) is 13.2 Å². The zero-order valence-corrected chi connectivity index (χ0v) is 16.0. The zero-order chi connectivity index (χ0) is 19.9. The molecule has 2 N–H and O–H groups in total. The van der Waals surface area contributed by atoms with Crippen LogP contribution in [0, 0.1) is 17.8 Å². The van der Waals surface area contributed by atoms with Crippen LogP contribution in [0.25, 0.3) is 0 Å². The molecule has 3 aliphatic rings. The van der Waals surface area contributed by atoms with Gasteiger partial charge in [-0.25, -0.2) is 0 Å². The number of fused-ring (bicyclic) bond motifs is 2. The third kappa shape index (κ3) is 3.92. The van der Waals surface area contributed by atoms with Gasteiger partial charge in [-0.1, -0.05) is 12.1 Å². The van der Waals surface area contributed by atoms with E-state index in [0.29, 0.717) is 24.9 Å². The van der Waals surface area contributed by atoms with Gasteiger partial charge in [0.05, 0.1) is 11.5 Å². The van der Waals surface area contributed by atoms with E-state index in [2.05, 4.69) is 4.90 Å². The van der Waals surface area contributed by atoms with Gasteiger partial charge in [0.15, 0.2) is 0 Å². The van der Waals surface area contributed by atoms with Crippen molar-refractivity contribution in [1.29, 1.82) is 0 Å². The van der Waals surface area contributed by atoms with Crippen molar-refractivity contribution in [3.8, 4) is 0 Å². The molecule has 1 heterocycles. The average molecular weight is 395 g/mol. The van der Waals surface area contributed by atoms with Crippen LogP contribution in [0.3, 0.4) is 0 Å². The van der Waals surface area contributed by atoms with E-state index in [-0.39, 0.29) is 17.9 Å². The van der Waals surface area contributed by atoms with Crippen LogP contribution in [0.1, 0.15) is 36.8 Å². The predicted octanol–water partition coefficient (Wildman–Crippen LogP) is 3.11. The topological polar surface area (TPSA) is 49.6 Å². The summed E-state index contributed by atoms with van der Waals surface area (Å²) in [5.74, 6) is 1.18. The first-order chi connectivity index (χ1) is 13.3. The van der Waals surface area contributed by atoms with Crippen molar-refractivity contribution in [3.63, 3.8) is 0 Å². The van der Waals surface area contributed by atoms with Gasteiger partial charge in [0.2, 0.25) is 5.91 Å². The lowest BCUT2D eigenvalue weighted by molar-refractivity contribution is -0.138. The Kier molecular flexibility index (Phi) is 5.40. The zero-order valence-electron chi connectivity index (χ0n) is 16.0. The molecule has 28 heavy (non-hydrogen) atoms. The number of alkyl halides is 3. The summed E-state index contributed by atoms with van der Waals surface area (Å²) in [6.07, 6.45) is -0.0321. The predicted molar refractivity (Wildman–Crippen MR) is 100 cm³/mol. The molecule has 7 heteroatoms. The molecule has 1 saturated heterocycles. The smallest absolute Gasteiger partial charge is 0.341 e. The van der Waals surface area contributed by atoms with Gasteiger partial charge in [0.1, 0.15) is 0 Å². The molecule has 1 aromatic rings. The quantitative estimate of drug-likeness (QED) is 0.856. The third-order valence-corrected chi connectivity index (χ3v) is 6.85. The summed E-state index contributed by atoms with van der Waals surface area (Å²) < 4.78 is 38.1. The first-order valence-corrected chi connectivity index (χ1v) is 10.3. The molecule has 2 saturated carbocycles. The van der Waals surface area contributed by atoms with Gasteiger partial charge in [-0.3, -0.25) is 9.69 Å². The number of rotatable bonds is 3. The Bertz CT molecular complexity index is 704. The third-order valence-electron chi connectivity index (χ3n) is 6.85. The molecule has 4 atom stereocenters. The maximum Gasteiger partial charge on any atom is 0.416 e. The first kappa shape index (κ1) is 19.7. The second kappa shape index (κ2) is 7.67.